The van der Waals surface area contributed by atoms with Crippen LogP contribution in [-0.2, 0) is 4.79 Å². The molecule has 0 aromatic heterocycles. The highest BCUT2D eigenvalue weighted by molar-refractivity contribution is 5.90. The van der Waals surface area contributed by atoms with Crippen LogP contribution in [0.4, 0.5) is 0 Å². The number of piperazine rings is 1. The van der Waals surface area contributed by atoms with Crippen molar-refractivity contribution in [3.8, 4) is 0 Å². The molecule has 98 valence electrons. The van der Waals surface area contributed by atoms with E-state index in [4.69, 9.17) is 0 Å². The summed E-state index contributed by atoms with van der Waals surface area (Å²) < 4.78 is 0. The zero-order valence-electron chi connectivity index (χ0n) is 11.9. The van der Waals surface area contributed by atoms with E-state index in [2.05, 4.69) is 51.0 Å². The van der Waals surface area contributed by atoms with Crippen molar-refractivity contribution in [3.05, 3.63) is 12.7 Å². The molecule has 0 unspecified atom stereocenters. The summed E-state index contributed by atoms with van der Waals surface area (Å²) in [5.41, 5.74) is 0.188. The summed E-state index contributed by atoms with van der Waals surface area (Å²) in [6.07, 6.45) is 1.42. The van der Waals surface area contributed by atoms with Gasteiger partial charge in [0.2, 0.25) is 0 Å². The molecule has 1 aliphatic rings. The monoisotopic (exact) mass is 238 g/mol. The van der Waals surface area contributed by atoms with Gasteiger partial charge >= 0.3 is 0 Å². The molecule has 0 aromatic carbocycles. The van der Waals surface area contributed by atoms with Gasteiger partial charge in [-0.2, -0.15) is 0 Å². The molecule has 1 fully saturated rings. The van der Waals surface area contributed by atoms with Crippen LogP contribution in [0.1, 0.15) is 34.6 Å². The van der Waals surface area contributed by atoms with Gasteiger partial charge in [-0.15, -0.1) is 0 Å². The molecular weight excluding hydrogens is 212 g/mol. The Bertz CT molecular complexity index is 281. The largest absolute Gasteiger partial charge is 0.293 e. The lowest BCUT2D eigenvalue weighted by Crippen LogP contribution is -2.62. The Labute approximate surface area is 105 Å². The van der Waals surface area contributed by atoms with Crippen molar-refractivity contribution in [2.45, 2.75) is 52.2 Å². The van der Waals surface area contributed by atoms with E-state index < -0.39 is 0 Å². The van der Waals surface area contributed by atoms with Crippen LogP contribution < -0.4 is 0 Å². The molecule has 1 heterocycles. The second kappa shape index (κ2) is 5.32. The molecule has 3 nitrogen and oxygen atoms in total. The lowest BCUT2D eigenvalue weighted by atomic mass is 9.97. The van der Waals surface area contributed by atoms with Crippen LogP contribution in [0, 0.1) is 0 Å². The zero-order valence-corrected chi connectivity index (χ0v) is 11.9. The third-order valence-corrected chi connectivity index (χ3v) is 3.38. The van der Waals surface area contributed by atoms with Gasteiger partial charge in [0.25, 0.3) is 0 Å². The van der Waals surface area contributed by atoms with Gasteiger partial charge in [-0.1, -0.05) is 6.58 Å². The van der Waals surface area contributed by atoms with Gasteiger partial charge in [-0.05, 0) is 40.7 Å². The van der Waals surface area contributed by atoms with Crippen LogP contribution in [0.25, 0.3) is 0 Å². The number of carbonyl (C=O) groups is 1. The third kappa shape index (κ3) is 3.65. The van der Waals surface area contributed by atoms with Crippen LogP contribution in [0.2, 0.25) is 0 Å². The molecular formula is C14H26N2O. The van der Waals surface area contributed by atoms with Crippen LogP contribution in [0.5, 0.6) is 0 Å². The number of carbonyl (C=O) groups excluding carboxylic acids is 1. The van der Waals surface area contributed by atoms with E-state index in [1.165, 1.54) is 6.08 Å². The minimum Gasteiger partial charge on any atom is -0.293 e. The number of hydrogen-bond donors (Lipinski definition) is 0. The molecule has 0 saturated carbocycles. The predicted molar refractivity (Wildman–Crippen MR) is 72.2 cm³/mol. The molecule has 3 heteroatoms. The predicted octanol–water partition coefficient (Wildman–Crippen LogP) is 1.93. The molecule has 17 heavy (non-hydrogen) atoms. The molecule has 0 bridgehead atoms. The van der Waals surface area contributed by atoms with Crippen LogP contribution in [0.15, 0.2) is 12.7 Å². The van der Waals surface area contributed by atoms with Gasteiger partial charge in [0.05, 0.1) is 6.54 Å². The molecule has 1 aliphatic heterocycles. The van der Waals surface area contributed by atoms with E-state index in [0.717, 1.165) is 13.1 Å². The molecule has 2 atom stereocenters. The first kappa shape index (κ1) is 14.4. The standard InChI is InChI=1S/C14H26N2O/c1-7-13(17)10-15-8-11(2)16(12(3)9-15)14(4,5)6/h7,11-12H,1,8-10H2,2-6H3/t11-,12-/m0/s1. The van der Waals surface area contributed by atoms with Crippen molar-refractivity contribution in [1.82, 2.24) is 9.80 Å². The van der Waals surface area contributed by atoms with Gasteiger partial charge in [0, 0.05) is 30.7 Å². The Morgan fingerprint density at radius 1 is 1.29 bits per heavy atom. The number of ketones is 1. The van der Waals surface area contributed by atoms with E-state index in [0.29, 0.717) is 18.6 Å². The van der Waals surface area contributed by atoms with Gasteiger partial charge in [0.15, 0.2) is 5.78 Å². The first-order valence-corrected chi connectivity index (χ1v) is 6.41. The van der Waals surface area contributed by atoms with Crippen molar-refractivity contribution < 1.29 is 4.79 Å². The van der Waals surface area contributed by atoms with E-state index in [9.17, 15) is 4.79 Å². The maximum atomic E-state index is 11.4. The summed E-state index contributed by atoms with van der Waals surface area (Å²) >= 11 is 0. The third-order valence-electron chi connectivity index (χ3n) is 3.38. The van der Waals surface area contributed by atoms with E-state index in [1.807, 2.05) is 0 Å². The minimum atomic E-state index is 0.119. The molecule has 1 rings (SSSR count). The van der Waals surface area contributed by atoms with E-state index in [1.54, 1.807) is 0 Å². The smallest absolute Gasteiger partial charge is 0.169 e. The summed E-state index contributed by atoms with van der Waals surface area (Å²) in [6.45, 7) is 17.2. The zero-order chi connectivity index (χ0) is 13.2. The lowest BCUT2D eigenvalue weighted by molar-refractivity contribution is -0.117. The van der Waals surface area contributed by atoms with Crippen LogP contribution in [0.3, 0.4) is 0 Å². The molecule has 0 N–H and O–H groups in total. The average molecular weight is 238 g/mol. The Hall–Kier alpha value is -0.670. The maximum absolute atomic E-state index is 11.4. The van der Waals surface area contributed by atoms with Crippen molar-refractivity contribution in [2.24, 2.45) is 0 Å². The summed E-state index contributed by atoms with van der Waals surface area (Å²) in [5, 5.41) is 0. The topological polar surface area (TPSA) is 23.6 Å². The first-order valence-electron chi connectivity index (χ1n) is 6.41. The minimum absolute atomic E-state index is 0.119. The number of hydrogen-bond acceptors (Lipinski definition) is 3. The van der Waals surface area contributed by atoms with Crippen molar-refractivity contribution in [2.75, 3.05) is 19.6 Å². The Morgan fingerprint density at radius 3 is 2.12 bits per heavy atom. The van der Waals surface area contributed by atoms with Crippen molar-refractivity contribution in [1.29, 1.82) is 0 Å². The second-order valence-electron chi connectivity index (χ2n) is 6.14. The van der Waals surface area contributed by atoms with E-state index >= 15 is 0 Å². The molecule has 0 aliphatic carbocycles. The average Bonchev–Trinajstić information content (AvgIpc) is 2.13. The van der Waals surface area contributed by atoms with Gasteiger partial charge in [-0.25, -0.2) is 0 Å². The summed E-state index contributed by atoms with van der Waals surface area (Å²) in [7, 11) is 0. The Morgan fingerprint density at radius 2 is 1.76 bits per heavy atom. The first-order chi connectivity index (χ1) is 7.75. The maximum Gasteiger partial charge on any atom is 0.169 e. The quantitative estimate of drug-likeness (QED) is 0.702. The van der Waals surface area contributed by atoms with E-state index in [-0.39, 0.29) is 11.3 Å². The fraction of sp³-hybridized carbons (Fsp3) is 0.786. The lowest BCUT2D eigenvalue weighted by Gasteiger charge is -2.50. The molecule has 1 saturated heterocycles. The Kier molecular flexibility index (Phi) is 4.50. The Balaban J connectivity index is 2.67. The molecule has 0 spiro atoms. The van der Waals surface area contributed by atoms with Crippen LogP contribution in [-0.4, -0.2) is 52.8 Å². The normalized spacial score (nSPS) is 28.1. The fourth-order valence-corrected chi connectivity index (χ4v) is 3.17. The van der Waals surface area contributed by atoms with Gasteiger partial charge in [-0.3, -0.25) is 14.6 Å². The second-order valence-corrected chi connectivity index (χ2v) is 6.14. The van der Waals surface area contributed by atoms with Crippen molar-refractivity contribution in [3.63, 3.8) is 0 Å². The van der Waals surface area contributed by atoms with Gasteiger partial charge < -0.3 is 0 Å². The molecule has 0 aromatic rings. The fourth-order valence-electron chi connectivity index (χ4n) is 3.17. The van der Waals surface area contributed by atoms with Crippen LogP contribution >= 0.6 is 0 Å². The molecule has 0 amide bonds. The summed E-state index contributed by atoms with van der Waals surface area (Å²) in [4.78, 5) is 16.2. The van der Waals surface area contributed by atoms with Crippen molar-refractivity contribution >= 4 is 5.78 Å². The molecule has 0 radical (unpaired) electrons. The van der Waals surface area contributed by atoms with Gasteiger partial charge in [0.1, 0.15) is 0 Å². The highest BCUT2D eigenvalue weighted by Crippen LogP contribution is 2.25. The SMILES string of the molecule is C=CC(=O)CN1C[C@H](C)N(C(C)(C)C)[C@@H](C)C1. The summed E-state index contributed by atoms with van der Waals surface area (Å²) in [5.74, 6) is 0.119. The highest BCUT2D eigenvalue weighted by atomic mass is 16.1. The number of rotatable bonds is 3. The number of nitrogens with zero attached hydrogens (tertiary/aromatic N) is 2. The highest BCUT2D eigenvalue weighted by Gasteiger charge is 2.36. The summed E-state index contributed by atoms with van der Waals surface area (Å²) in [6, 6.07) is 0.965.